The van der Waals surface area contributed by atoms with Gasteiger partial charge in [0.25, 0.3) is 10.0 Å². The number of sulfonamides is 1. The van der Waals surface area contributed by atoms with Crippen molar-refractivity contribution in [3.8, 4) is 0 Å². The largest absolute Gasteiger partial charge is 0.279 e. The molecule has 0 bridgehead atoms. The molecule has 0 amide bonds. The zero-order chi connectivity index (χ0) is 14.6. The summed E-state index contributed by atoms with van der Waals surface area (Å²) in [7, 11) is -3.65. The summed E-state index contributed by atoms with van der Waals surface area (Å²) in [4.78, 5) is 2.75. The molecule has 0 unspecified atom stereocenters. The fraction of sp³-hybridized carbons (Fsp3) is 0.0769. The minimum atomic E-state index is -3.65. The maximum Gasteiger partial charge on any atom is 0.261 e. The molecule has 6 nitrogen and oxygen atoms in total. The molecule has 2 aromatic rings. The van der Waals surface area contributed by atoms with Crippen LogP contribution < -0.4 is 4.72 Å². The number of nitrogens with zero attached hydrogens (tertiary/aromatic N) is 3. The van der Waals surface area contributed by atoms with Gasteiger partial charge in [-0.2, -0.15) is 0 Å². The van der Waals surface area contributed by atoms with Crippen LogP contribution in [0, 0.1) is 6.92 Å². The molecule has 0 heterocycles. The van der Waals surface area contributed by atoms with Crippen molar-refractivity contribution in [3.63, 3.8) is 0 Å². The van der Waals surface area contributed by atoms with E-state index in [0.29, 0.717) is 11.4 Å². The van der Waals surface area contributed by atoms with Gasteiger partial charge in [0.1, 0.15) is 0 Å². The van der Waals surface area contributed by atoms with Gasteiger partial charge in [0.05, 0.1) is 10.6 Å². The number of aryl methyl sites for hydroxylation is 1. The first-order valence-corrected chi connectivity index (χ1v) is 7.25. The van der Waals surface area contributed by atoms with E-state index >= 15 is 0 Å². The van der Waals surface area contributed by atoms with Crippen LogP contribution in [0.2, 0.25) is 0 Å². The van der Waals surface area contributed by atoms with Crippen LogP contribution in [0.4, 0.5) is 11.4 Å². The zero-order valence-electron chi connectivity index (χ0n) is 10.7. The lowest BCUT2D eigenvalue weighted by molar-refractivity contribution is 0.601. The Balaban J connectivity index is 2.31. The minimum absolute atomic E-state index is 0.109. The van der Waals surface area contributed by atoms with Crippen molar-refractivity contribution in [1.29, 1.82) is 0 Å². The van der Waals surface area contributed by atoms with Crippen molar-refractivity contribution in [2.45, 2.75) is 11.8 Å². The van der Waals surface area contributed by atoms with Gasteiger partial charge in [0, 0.05) is 10.6 Å². The van der Waals surface area contributed by atoms with E-state index in [1.165, 1.54) is 24.3 Å². The second-order valence-corrected chi connectivity index (χ2v) is 5.79. The lowest BCUT2D eigenvalue weighted by atomic mass is 10.2. The van der Waals surface area contributed by atoms with Crippen LogP contribution in [0.25, 0.3) is 10.4 Å². The number of rotatable bonds is 4. The van der Waals surface area contributed by atoms with Crippen LogP contribution in [0.1, 0.15) is 5.56 Å². The first-order chi connectivity index (χ1) is 9.53. The van der Waals surface area contributed by atoms with Gasteiger partial charge < -0.3 is 0 Å². The predicted molar refractivity (Wildman–Crippen MR) is 77.2 cm³/mol. The molecular formula is C13H12N4O2S. The highest BCUT2D eigenvalue weighted by molar-refractivity contribution is 7.92. The molecule has 7 heteroatoms. The first-order valence-electron chi connectivity index (χ1n) is 5.76. The molecule has 0 saturated heterocycles. The van der Waals surface area contributed by atoms with E-state index in [-0.39, 0.29) is 4.90 Å². The average Bonchev–Trinajstić information content (AvgIpc) is 2.42. The van der Waals surface area contributed by atoms with Crippen LogP contribution in [0.15, 0.2) is 58.5 Å². The molecule has 0 spiro atoms. The van der Waals surface area contributed by atoms with Gasteiger partial charge in [-0.15, -0.1) is 0 Å². The molecule has 0 radical (unpaired) electrons. The van der Waals surface area contributed by atoms with E-state index in [1.807, 2.05) is 19.1 Å². The number of hydrogen-bond acceptors (Lipinski definition) is 3. The summed E-state index contributed by atoms with van der Waals surface area (Å²) in [6.45, 7) is 1.82. The van der Waals surface area contributed by atoms with E-state index in [2.05, 4.69) is 14.7 Å². The van der Waals surface area contributed by atoms with Crippen molar-refractivity contribution in [1.82, 2.24) is 0 Å². The van der Waals surface area contributed by atoms with Crippen LogP contribution in [-0.4, -0.2) is 8.42 Å². The summed E-state index contributed by atoms with van der Waals surface area (Å²) in [5.74, 6) is 0. The molecule has 0 saturated carbocycles. The molecule has 1 N–H and O–H groups in total. The maximum atomic E-state index is 12.2. The number of nitrogens with one attached hydrogen (secondary N) is 1. The van der Waals surface area contributed by atoms with Gasteiger partial charge in [-0.05, 0) is 36.2 Å². The monoisotopic (exact) mass is 288 g/mol. The lowest BCUT2D eigenvalue weighted by Crippen LogP contribution is -2.13. The van der Waals surface area contributed by atoms with Gasteiger partial charge in [0.15, 0.2) is 0 Å². The molecule has 102 valence electrons. The van der Waals surface area contributed by atoms with Gasteiger partial charge in [0.2, 0.25) is 0 Å². The van der Waals surface area contributed by atoms with Crippen LogP contribution >= 0.6 is 0 Å². The zero-order valence-corrected chi connectivity index (χ0v) is 11.5. The number of azide groups is 1. The van der Waals surface area contributed by atoms with E-state index < -0.39 is 10.0 Å². The van der Waals surface area contributed by atoms with Crippen molar-refractivity contribution >= 4 is 21.4 Å². The van der Waals surface area contributed by atoms with Crippen molar-refractivity contribution in [2.24, 2.45) is 5.11 Å². The Morgan fingerprint density at radius 3 is 2.35 bits per heavy atom. The van der Waals surface area contributed by atoms with Crippen molar-refractivity contribution in [2.75, 3.05) is 4.72 Å². The Morgan fingerprint density at radius 2 is 1.75 bits per heavy atom. The van der Waals surface area contributed by atoms with Gasteiger partial charge >= 0.3 is 0 Å². The standard InChI is InChI=1S/C13H12N4O2S/c1-10-4-2-3-5-13(10)16-20(18,19)12-8-6-11(7-9-12)15-17-14/h2-9,16H,1H3. The molecule has 0 atom stereocenters. The third-order valence-corrected chi connectivity index (χ3v) is 4.08. The lowest BCUT2D eigenvalue weighted by Gasteiger charge is -2.10. The SMILES string of the molecule is Cc1ccccc1NS(=O)(=O)c1ccc(N=[N+]=[N-])cc1. The number of para-hydroxylation sites is 1. The van der Waals surface area contributed by atoms with Crippen LogP contribution in [-0.2, 0) is 10.0 Å². The Hall–Kier alpha value is -2.50. The Kier molecular flexibility index (Phi) is 3.93. The van der Waals surface area contributed by atoms with E-state index in [9.17, 15) is 8.42 Å². The summed E-state index contributed by atoms with van der Waals surface area (Å²) in [5.41, 5.74) is 10.0. The molecule has 2 aromatic carbocycles. The molecule has 20 heavy (non-hydrogen) atoms. The Morgan fingerprint density at radius 1 is 1.10 bits per heavy atom. The van der Waals surface area contributed by atoms with Crippen molar-refractivity contribution < 1.29 is 8.42 Å². The van der Waals surface area contributed by atoms with E-state index in [1.54, 1.807) is 12.1 Å². The Labute approximate surface area is 116 Å². The molecule has 0 fully saturated rings. The fourth-order valence-electron chi connectivity index (χ4n) is 1.63. The van der Waals surface area contributed by atoms with Crippen LogP contribution in [0.5, 0.6) is 0 Å². The van der Waals surface area contributed by atoms with Crippen LogP contribution in [0.3, 0.4) is 0 Å². The molecular weight excluding hydrogens is 276 g/mol. The maximum absolute atomic E-state index is 12.2. The highest BCUT2D eigenvalue weighted by Gasteiger charge is 2.14. The highest BCUT2D eigenvalue weighted by atomic mass is 32.2. The number of hydrogen-bond donors (Lipinski definition) is 1. The molecule has 0 aliphatic rings. The second-order valence-electron chi connectivity index (χ2n) is 4.10. The van der Waals surface area contributed by atoms with Gasteiger partial charge in [-0.25, -0.2) is 8.42 Å². The van der Waals surface area contributed by atoms with Gasteiger partial charge in [-0.3, -0.25) is 4.72 Å². The van der Waals surface area contributed by atoms with E-state index in [4.69, 9.17) is 5.53 Å². The topological polar surface area (TPSA) is 94.9 Å². The molecule has 0 aromatic heterocycles. The fourth-order valence-corrected chi connectivity index (χ4v) is 2.77. The van der Waals surface area contributed by atoms with Gasteiger partial charge in [-0.1, -0.05) is 35.4 Å². The number of anilines is 1. The third kappa shape index (κ3) is 3.09. The summed E-state index contributed by atoms with van der Waals surface area (Å²) in [5, 5.41) is 3.39. The Bertz CT molecular complexity index is 763. The quantitative estimate of drug-likeness (QED) is 0.527. The summed E-state index contributed by atoms with van der Waals surface area (Å²) in [6, 6.07) is 12.8. The summed E-state index contributed by atoms with van der Waals surface area (Å²) < 4.78 is 26.9. The van der Waals surface area contributed by atoms with E-state index in [0.717, 1.165) is 5.56 Å². The highest BCUT2D eigenvalue weighted by Crippen LogP contribution is 2.21. The molecule has 2 rings (SSSR count). The third-order valence-electron chi connectivity index (χ3n) is 2.70. The smallest absolute Gasteiger partial charge is 0.261 e. The number of benzene rings is 2. The average molecular weight is 288 g/mol. The second kappa shape index (κ2) is 5.64. The minimum Gasteiger partial charge on any atom is -0.279 e. The summed E-state index contributed by atoms with van der Waals surface area (Å²) in [6.07, 6.45) is 0. The normalized spacial score (nSPS) is 10.7. The predicted octanol–water partition coefficient (Wildman–Crippen LogP) is 3.74. The van der Waals surface area contributed by atoms with Crippen molar-refractivity contribution in [3.05, 3.63) is 64.5 Å². The molecule has 0 aliphatic heterocycles. The summed E-state index contributed by atoms with van der Waals surface area (Å²) >= 11 is 0. The first kappa shape index (κ1) is 13.9. The molecule has 0 aliphatic carbocycles.